The monoisotopic (exact) mass is 166 g/mol. The summed E-state index contributed by atoms with van der Waals surface area (Å²) in [5, 5.41) is 20.5. The Morgan fingerprint density at radius 3 is 2.58 bits per heavy atom. The Kier molecular flexibility index (Phi) is 2.05. The summed E-state index contributed by atoms with van der Waals surface area (Å²) in [5.41, 5.74) is 6.23. The molecule has 0 fully saturated rings. The van der Waals surface area contributed by atoms with Crippen LogP contribution in [0.2, 0.25) is 0 Å². The summed E-state index contributed by atoms with van der Waals surface area (Å²) in [7, 11) is 0. The molecule has 62 valence electrons. The summed E-state index contributed by atoms with van der Waals surface area (Å²) in [6.45, 7) is 0. The van der Waals surface area contributed by atoms with Gasteiger partial charge in [0, 0.05) is 0 Å². The zero-order valence-corrected chi connectivity index (χ0v) is 5.98. The van der Waals surface area contributed by atoms with Crippen LogP contribution >= 0.6 is 0 Å². The maximum absolute atomic E-state index is 10.5. The molecule has 0 aliphatic rings. The van der Waals surface area contributed by atoms with Gasteiger partial charge in [-0.05, 0) is 12.1 Å². The van der Waals surface area contributed by atoms with Crippen LogP contribution in [0.25, 0.3) is 0 Å². The number of phenolic OH excluding ortho intramolecular Hbond substituents is 1. The quantitative estimate of drug-likeness (QED) is 0.584. The third-order valence-electron chi connectivity index (χ3n) is 1.36. The van der Waals surface area contributed by atoms with Gasteiger partial charge in [0.15, 0.2) is 0 Å². The van der Waals surface area contributed by atoms with E-state index in [1.165, 1.54) is 18.2 Å². The molecular weight excluding hydrogens is 160 g/mol. The molecule has 0 spiro atoms. The van der Waals surface area contributed by atoms with E-state index in [1.54, 1.807) is 0 Å². The topological polar surface area (TPSA) is 93.7 Å². The number of rotatable bonds is 2. The van der Waals surface area contributed by atoms with E-state index in [4.69, 9.17) is 15.7 Å². The third kappa shape index (κ3) is 1.24. The average Bonchev–Trinajstić information content (AvgIpc) is 2.03. The van der Waals surface area contributed by atoms with Crippen LogP contribution in [0.5, 0.6) is 5.75 Å². The molecule has 0 aromatic heterocycles. The van der Waals surface area contributed by atoms with Gasteiger partial charge in [0.2, 0.25) is 0 Å². The highest BCUT2D eigenvalue weighted by Gasteiger charge is 2.12. The molecule has 5 heteroatoms. The lowest BCUT2D eigenvalue weighted by atomic mass is 10.2. The Morgan fingerprint density at radius 2 is 2.17 bits per heavy atom. The number of aromatic carboxylic acids is 1. The van der Waals surface area contributed by atoms with E-state index in [1.807, 2.05) is 0 Å². The van der Waals surface area contributed by atoms with Crippen molar-refractivity contribution in [3.05, 3.63) is 23.8 Å². The second-order valence-corrected chi connectivity index (χ2v) is 2.09. The first-order valence-corrected chi connectivity index (χ1v) is 3.09. The predicted molar refractivity (Wildman–Crippen MR) is 39.9 cm³/mol. The van der Waals surface area contributed by atoms with Gasteiger partial charge in [-0.2, -0.15) is 5.11 Å². The summed E-state index contributed by atoms with van der Waals surface area (Å²) in [6.07, 6.45) is 0. The molecule has 0 heterocycles. The van der Waals surface area contributed by atoms with Crippen LogP contribution < -0.4 is 0 Å². The Morgan fingerprint density at radius 1 is 1.50 bits per heavy atom. The highest BCUT2D eigenvalue weighted by atomic mass is 16.4. The van der Waals surface area contributed by atoms with Crippen LogP contribution in [0.3, 0.4) is 0 Å². The smallest absolute Gasteiger partial charge is 0.338 e. The molecule has 0 bridgehead atoms. The van der Waals surface area contributed by atoms with Crippen molar-refractivity contribution in [3.63, 3.8) is 0 Å². The van der Waals surface area contributed by atoms with E-state index in [2.05, 4.69) is 5.11 Å². The number of para-hydroxylation sites is 1. The molecule has 0 atom stereocenters. The lowest BCUT2D eigenvalue weighted by molar-refractivity contribution is 0.0697. The molecule has 0 aliphatic heterocycles. The van der Waals surface area contributed by atoms with E-state index >= 15 is 0 Å². The number of carboxylic acid groups (broad SMARTS) is 1. The molecule has 0 radical (unpaired) electrons. The summed E-state index contributed by atoms with van der Waals surface area (Å²) in [5.74, 6) is -1.51. The second-order valence-electron chi connectivity index (χ2n) is 2.09. The van der Waals surface area contributed by atoms with Crippen LogP contribution in [-0.2, 0) is 0 Å². The summed E-state index contributed by atoms with van der Waals surface area (Å²) in [4.78, 5) is 10.5. The molecule has 0 saturated carbocycles. The molecule has 12 heavy (non-hydrogen) atoms. The number of aromatic hydroxyl groups is 1. The minimum absolute atomic E-state index is 0.176. The van der Waals surface area contributed by atoms with E-state index in [0.717, 1.165) is 0 Å². The van der Waals surface area contributed by atoms with Gasteiger partial charge in [0.25, 0.3) is 0 Å². The second kappa shape index (κ2) is 3.00. The summed E-state index contributed by atoms with van der Waals surface area (Å²) in [6, 6.07) is 3.93. The molecule has 1 aromatic rings. The van der Waals surface area contributed by atoms with Gasteiger partial charge < -0.3 is 10.2 Å². The minimum Gasteiger partial charge on any atom is -0.506 e. The molecular formula is C7H6N2O3. The van der Waals surface area contributed by atoms with E-state index in [0.29, 0.717) is 0 Å². The fourth-order valence-corrected chi connectivity index (χ4v) is 0.821. The molecule has 3 N–H and O–H groups in total. The van der Waals surface area contributed by atoms with Crippen molar-refractivity contribution < 1.29 is 15.0 Å². The number of nitrogens with zero attached hydrogens (tertiary/aromatic N) is 1. The van der Waals surface area contributed by atoms with E-state index in [9.17, 15) is 4.79 Å². The molecule has 0 aliphatic carbocycles. The molecule has 0 unspecified atom stereocenters. The molecule has 0 amide bonds. The van der Waals surface area contributed by atoms with Gasteiger partial charge in [0.05, 0.1) is 5.56 Å². The third-order valence-corrected chi connectivity index (χ3v) is 1.36. The first-order valence-electron chi connectivity index (χ1n) is 3.09. The fourth-order valence-electron chi connectivity index (χ4n) is 0.821. The lowest BCUT2D eigenvalue weighted by Crippen LogP contribution is -1.95. The Balaban J connectivity index is 3.37. The van der Waals surface area contributed by atoms with Crippen molar-refractivity contribution in [2.24, 2.45) is 5.11 Å². The number of carboxylic acids is 1. The van der Waals surface area contributed by atoms with Gasteiger partial charge in [-0.15, -0.1) is 0 Å². The molecule has 1 aromatic carbocycles. The van der Waals surface area contributed by atoms with Gasteiger partial charge in [-0.3, -0.25) is 0 Å². The lowest BCUT2D eigenvalue weighted by Gasteiger charge is -1.99. The summed E-state index contributed by atoms with van der Waals surface area (Å²) < 4.78 is 0. The van der Waals surface area contributed by atoms with E-state index in [-0.39, 0.29) is 17.0 Å². The number of nitrogens with one attached hydrogen (secondary N) is 1. The summed E-state index contributed by atoms with van der Waals surface area (Å²) >= 11 is 0. The largest absolute Gasteiger partial charge is 0.506 e. The number of carbonyl (C=O) groups is 1. The normalized spacial score (nSPS) is 9.33. The van der Waals surface area contributed by atoms with Crippen LogP contribution in [0.15, 0.2) is 23.3 Å². The zero-order chi connectivity index (χ0) is 9.14. The van der Waals surface area contributed by atoms with Crippen LogP contribution in [0, 0.1) is 5.53 Å². The van der Waals surface area contributed by atoms with Crippen molar-refractivity contribution in [2.75, 3.05) is 0 Å². The van der Waals surface area contributed by atoms with Crippen molar-refractivity contribution in [2.45, 2.75) is 0 Å². The Labute approximate surface area is 67.8 Å². The van der Waals surface area contributed by atoms with Gasteiger partial charge in [-0.25, -0.2) is 10.3 Å². The zero-order valence-electron chi connectivity index (χ0n) is 5.98. The first-order chi connectivity index (χ1) is 5.66. The maximum atomic E-state index is 10.5. The van der Waals surface area contributed by atoms with Gasteiger partial charge >= 0.3 is 5.97 Å². The highest BCUT2D eigenvalue weighted by Crippen LogP contribution is 2.29. The first kappa shape index (κ1) is 8.19. The minimum atomic E-state index is -1.21. The highest BCUT2D eigenvalue weighted by molar-refractivity contribution is 5.94. The van der Waals surface area contributed by atoms with Gasteiger partial charge in [0.1, 0.15) is 11.4 Å². The van der Waals surface area contributed by atoms with Crippen LogP contribution in [0.4, 0.5) is 5.69 Å². The Bertz CT molecular complexity index is 335. The van der Waals surface area contributed by atoms with Crippen molar-refractivity contribution in [1.29, 1.82) is 5.53 Å². The number of benzene rings is 1. The molecule has 1 rings (SSSR count). The number of hydrogen-bond donors (Lipinski definition) is 3. The van der Waals surface area contributed by atoms with Crippen LogP contribution in [0.1, 0.15) is 10.4 Å². The van der Waals surface area contributed by atoms with Crippen LogP contribution in [-0.4, -0.2) is 16.2 Å². The van der Waals surface area contributed by atoms with Crippen molar-refractivity contribution in [3.8, 4) is 5.75 Å². The Hall–Kier alpha value is -1.91. The maximum Gasteiger partial charge on any atom is 0.338 e. The molecule has 5 nitrogen and oxygen atoms in total. The van der Waals surface area contributed by atoms with E-state index < -0.39 is 5.97 Å². The SMILES string of the molecule is N=Nc1c(O)cccc1C(=O)O. The van der Waals surface area contributed by atoms with Gasteiger partial charge in [-0.1, -0.05) is 6.07 Å². The van der Waals surface area contributed by atoms with Crippen molar-refractivity contribution >= 4 is 11.7 Å². The number of hydrogen-bond acceptors (Lipinski definition) is 4. The average molecular weight is 166 g/mol. The standard InChI is InChI=1S/C7H6N2O3/c8-9-6-4(7(11)12)2-1-3-5(6)10/h1-3,8,10H,(H,11,12). The molecule has 0 saturated heterocycles. The van der Waals surface area contributed by atoms with Crippen molar-refractivity contribution in [1.82, 2.24) is 0 Å². The number of phenols is 1. The predicted octanol–water partition coefficient (Wildman–Crippen LogP) is 1.75. The fraction of sp³-hybridized carbons (Fsp3) is 0.